The van der Waals surface area contributed by atoms with Crippen LogP contribution < -0.4 is 5.73 Å². The summed E-state index contributed by atoms with van der Waals surface area (Å²) in [6.45, 7) is 2.08. The molecule has 3 aromatic carbocycles. The van der Waals surface area contributed by atoms with Gasteiger partial charge in [0.05, 0.1) is 5.02 Å². The second kappa shape index (κ2) is 4.93. The summed E-state index contributed by atoms with van der Waals surface area (Å²) in [6.07, 6.45) is 0. The van der Waals surface area contributed by atoms with E-state index < -0.39 is 0 Å². The minimum absolute atomic E-state index is 0.0933. The second-order valence-corrected chi connectivity index (χ2v) is 6.22. The van der Waals surface area contributed by atoms with Crippen molar-refractivity contribution in [2.45, 2.75) is 6.92 Å². The number of nitrogens with one attached hydrogen (secondary N) is 1. The summed E-state index contributed by atoms with van der Waals surface area (Å²) in [5.74, 6) is 0.0933. The van der Waals surface area contributed by atoms with Gasteiger partial charge in [-0.1, -0.05) is 23.7 Å². The van der Waals surface area contributed by atoms with Gasteiger partial charge in [-0.25, -0.2) is 0 Å². The topological polar surface area (TPSA) is 62.0 Å². The molecule has 0 aliphatic rings. The lowest BCUT2D eigenvalue weighted by Gasteiger charge is -2.06. The fraction of sp³-hybridized carbons (Fsp3) is 0.0526. The van der Waals surface area contributed by atoms with Crippen LogP contribution in [0.1, 0.15) is 5.56 Å². The first-order valence-corrected chi connectivity index (χ1v) is 7.71. The summed E-state index contributed by atoms with van der Waals surface area (Å²) < 4.78 is 0. The molecule has 4 aromatic rings. The number of anilines is 1. The maximum absolute atomic E-state index is 9.60. The number of fused-ring (bicyclic) bond motifs is 3. The largest absolute Gasteiger partial charge is 0.506 e. The number of aromatic amines is 1. The van der Waals surface area contributed by atoms with Crippen LogP contribution in [0.4, 0.5) is 5.69 Å². The highest BCUT2D eigenvalue weighted by atomic mass is 35.5. The van der Waals surface area contributed by atoms with E-state index in [0.717, 1.165) is 44.2 Å². The molecule has 0 amide bonds. The van der Waals surface area contributed by atoms with Crippen molar-refractivity contribution in [3.05, 3.63) is 59.1 Å². The molecule has 0 atom stereocenters. The number of aromatic hydroxyl groups is 1. The molecular weight excluding hydrogens is 308 g/mol. The van der Waals surface area contributed by atoms with Gasteiger partial charge in [-0.15, -0.1) is 0 Å². The van der Waals surface area contributed by atoms with Crippen molar-refractivity contribution in [1.82, 2.24) is 4.98 Å². The molecule has 4 rings (SSSR count). The highest BCUT2D eigenvalue weighted by Gasteiger charge is 2.10. The van der Waals surface area contributed by atoms with E-state index in [4.69, 9.17) is 17.3 Å². The monoisotopic (exact) mass is 322 g/mol. The van der Waals surface area contributed by atoms with E-state index in [0.29, 0.717) is 5.02 Å². The minimum atomic E-state index is 0.0933. The number of aromatic nitrogens is 1. The van der Waals surface area contributed by atoms with Gasteiger partial charge >= 0.3 is 0 Å². The molecule has 0 saturated heterocycles. The zero-order chi connectivity index (χ0) is 16.1. The Hall–Kier alpha value is -2.65. The van der Waals surface area contributed by atoms with E-state index in [1.807, 2.05) is 24.3 Å². The lowest BCUT2D eigenvalue weighted by Crippen LogP contribution is -1.83. The highest BCUT2D eigenvalue weighted by Crippen LogP contribution is 2.35. The molecule has 0 unspecified atom stereocenters. The molecule has 0 bridgehead atoms. The Labute approximate surface area is 138 Å². The van der Waals surface area contributed by atoms with Crippen molar-refractivity contribution in [2.24, 2.45) is 0 Å². The lowest BCUT2D eigenvalue weighted by molar-refractivity contribution is 0.475. The Morgan fingerprint density at radius 1 is 0.957 bits per heavy atom. The number of phenols is 1. The summed E-state index contributed by atoms with van der Waals surface area (Å²) in [5.41, 5.74) is 12.0. The van der Waals surface area contributed by atoms with Gasteiger partial charge in [0, 0.05) is 27.5 Å². The number of hydrogen-bond acceptors (Lipinski definition) is 2. The number of halogens is 1. The average molecular weight is 323 g/mol. The third kappa shape index (κ3) is 2.21. The predicted octanol–water partition coefficient (Wildman–Crippen LogP) is 5.24. The fourth-order valence-electron chi connectivity index (χ4n) is 3.05. The van der Waals surface area contributed by atoms with Crippen molar-refractivity contribution in [3.8, 4) is 16.9 Å². The molecule has 4 N–H and O–H groups in total. The van der Waals surface area contributed by atoms with Gasteiger partial charge in [-0.05, 0) is 60.0 Å². The molecule has 0 radical (unpaired) electrons. The number of H-pyrrole nitrogens is 1. The van der Waals surface area contributed by atoms with Gasteiger partial charge in [-0.2, -0.15) is 0 Å². The molecule has 0 aliphatic heterocycles. The van der Waals surface area contributed by atoms with Gasteiger partial charge in [0.2, 0.25) is 0 Å². The highest BCUT2D eigenvalue weighted by molar-refractivity contribution is 6.32. The van der Waals surface area contributed by atoms with Crippen LogP contribution in [-0.2, 0) is 0 Å². The number of nitrogen functional groups attached to an aromatic ring is 1. The number of nitrogens with two attached hydrogens (primary N) is 1. The van der Waals surface area contributed by atoms with Crippen molar-refractivity contribution < 1.29 is 5.11 Å². The summed E-state index contributed by atoms with van der Waals surface area (Å²) in [5, 5.41) is 12.3. The summed E-state index contributed by atoms with van der Waals surface area (Å²) in [7, 11) is 0. The predicted molar refractivity (Wildman–Crippen MR) is 97.1 cm³/mol. The Balaban J connectivity index is 2.01. The molecule has 4 heteroatoms. The normalized spacial score (nSPS) is 11.4. The van der Waals surface area contributed by atoms with Gasteiger partial charge < -0.3 is 15.8 Å². The standard InChI is InChI=1S/C19H15ClN2O/c1-10-6-12(11-2-5-18(23)16(20)8-11)7-15-14-4-3-13(21)9-17(14)22-19(10)15/h2-9,22-23H,21H2,1H3. The van der Waals surface area contributed by atoms with E-state index >= 15 is 0 Å². The average Bonchev–Trinajstić information content (AvgIpc) is 2.88. The first-order valence-electron chi connectivity index (χ1n) is 7.33. The zero-order valence-corrected chi connectivity index (χ0v) is 13.3. The van der Waals surface area contributed by atoms with Crippen LogP contribution in [0.2, 0.25) is 5.02 Å². The quantitative estimate of drug-likeness (QED) is 0.420. The van der Waals surface area contributed by atoms with Crippen LogP contribution in [0.15, 0.2) is 48.5 Å². The number of phenolic OH excluding ortho intramolecular Hbond substituents is 1. The van der Waals surface area contributed by atoms with Crippen molar-refractivity contribution in [3.63, 3.8) is 0 Å². The third-order valence-corrected chi connectivity index (χ3v) is 4.51. The van der Waals surface area contributed by atoms with Gasteiger partial charge in [0.25, 0.3) is 0 Å². The fourth-order valence-corrected chi connectivity index (χ4v) is 3.23. The molecule has 3 nitrogen and oxygen atoms in total. The SMILES string of the molecule is Cc1cc(-c2ccc(O)c(Cl)c2)cc2c1[nH]c1cc(N)ccc12. The van der Waals surface area contributed by atoms with Crippen LogP contribution in [0.5, 0.6) is 5.75 Å². The van der Waals surface area contributed by atoms with Crippen LogP contribution in [0.25, 0.3) is 32.9 Å². The van der Waals surface area contributed by atoms with E-state index in [-0.39, 0.29) is 5.75 Å². The lowest BCUT2D eigenvalue weighted by atomic mass is 9.99. The molecule has 0 saturated carbocycles. The summed E-state index contributed by atoms with van der Waals surface area (Å²) in [6, 6.07) is 15.4. The second-order valence-electron chi connectivity index (χ2n) is 5.81. The van der Waals surface area contributed by atoms with E-state index in [1.54, 1.807) is 12.1 Å². The first kappa shape index (κ1) is 14.0. The third-order valence-electron chi connectivity index (χ3n) is 4.21. The number of benzene rings is 3. The zero-order valence-electron chi connectivity index (χ0n) is 12.5. The molecule has 1 aromatic heterocycles. The van der Waals surface area contributed by atoms with Crippen LogP contribution in [-0.4, -0.2) is 10.1 Å². The van der Waals surface area contributed by atoms with E-state index in [2.05, 4.69) is 24.0 Å². The Bertz CT molecular complexity index is 1070. The smallest absolute Gasteiger partial charge is 0.134 e. The molecular formula is C19H15ClN2O. The Morgan fingerprint density at radius 3 is 2.57 bits per heavy atom. The maximum atomic E-state index is 9.60. The molecule has 0 spiro atoms. The molecule has 23 heavy (non-hydrogen) atoms. The van der Waals surface area contributed by atoms with Gasteiger partial charge in [0.1, 0.15) is 5.75 Å². The Morgan fingerprint density at radius 2 is 1.78 bits per heavy atom. The van der Waals surface area contributed by atoms with Gasteiger partial charge in [0.15, 0.2) is 0 Å². The van der Waals surface area contributed by atoms with Crippen LogP contribution >= 0.6 is 11.6 Å². The summed E-state index contributed by atoms with van der Waals surface area (Å²) in [4.78, 5) is 3.44. The van der Waals surface area contributed by atoms with Crippen LogP contribution in [0.3, 0.4) is 0 Å². The number of aryl methyl sites for hydroxylation is 1. The number of hydrogen-bond donors (Lipinski definition) is 3. The molecule has 1 heterocycles. The Kier molecular flexibility index (Phi) is 3.00. The van der Waals surface area contributed by atoms with Crippen molar-refractivity contribution >= 4 is 39.1 Å². The van der Waals surface area contributed by atoms with Crippen molar-refractivity contribution in [1.29, 1.82) is 0 Å². The number of rotatable bonds is 1. The molecule has 0 fully saturated rings. The van der Waals surface area contributed by atoms with Gasteiger partial charge in [-0.3, -0.25) is 0 Å². The minimum Gasteiger partial charge on any atom is -0.506 e. The summed E-state index contributed by atoms with van der Waals surface area (Å²) >= 11 is 6.04. The van der Waals surface area contributed by atoms with E-state index in [1.165, 1.54) is 0 Å². The van der Waals surface area contributed by atoms with E-state index in [9.17, 15) is 5.11 Å². The maximum Gasteiger partial charge on any atom is 0.134 e. The van der Waals surface area contributed by atoms with Crippen molar-refractivity contribution in [2.75, 3.05) is 5.73 Å². The molecule has 114 valence electrons. The first-order chi connectivity index (χ1) is 11.0. The van der Waals surface area contributed by atoms with Crippen LogP contribution in [0, 0.1) is 6.92 Å². The molecule has 0 aliphatic carbocycles.